The lowest BCUT2D eigenvalue weighted by Gasteiger charge is -2.10. The lowest BCUT2D eigenvalue weighted by molar-refractivity contribution is 0.588. The molecule has 0 N–H and O–H groups in total. The maximum atomic E-state index is 13.2. The molecule has 0 fully saturated rings. The van der Waals surface area contributed by atoms with Crippen LogP contribution in [0.25, 0.3) is 16.6 Å². The average molecular weight is 269 g/mol. The van der Waals surface area contributed by atoms with Crippen LogP contribution in [-0.4, -0.2) is 14.8 Å². The molecule has 0 bridgehead atoms. The fourth-order valence-electron chi connectivity index (χ4n) is 2.20. The highest BCUT2D eigenvalue weighted by atomic mass is 19.1. The molecule has 2 heterocycles. The molecule has 0 aliphatic rings. The molecule has 3 rings (SSSR count). The summed E-state index contributed by atoms with van der Waals surface area (Å²) in [5.74, 6) is -0.615. The fraction of sp³-hybridized carbons (Fsp3) is 0.133. The topological polar surface area (TPSA) is 47.8 Å². The normalized spacial score (nSPS) is 10.9. The molecule has 0 unspecified atom stereocenters. The van der Waals surface area contributed by atoms with E-state index in [0.29, 0.717) is 22.3 Å². The van der Waals surface area contributed by atoms with E-state index >= 15 is 0 Å². The van der Waals surface area contributed by atoms with Crippen LogP contribution in [0.3, 0.4) is 0 Å². The SMILES string of the molecule is Cc1ccccc1-n1nc(C)c2nc(F)ccc2c1=O. The van der Waals surface area contributed by atoms with Gasteiger partial charge < -0.3 is 0 Å². The Morgan fingerprint density at radius 3 is 2.60 bits per heavy atom. The second-order valence-electron chi connectivity index (χ2n) is 4.62. The highest BCUT2D eigenvalue weighted by Crippen LogP contribution is 2.15. The first kappa shape index (κ1) is 12.5. The molecule has 3 aromatic rings. The van der Waals surface area contributed by atoms with E-state index in [4.69, 9.17) is 0 Å². The average Bonchev–Trinajstić information content (AvgIpc) is 2.43. The zero-order valence-electron chi connectivity index (χ0n) is 11.1. The van der Waals surface area contributed by atoms with Crippen LogP contribution in [0, 0.1) is 19.8 Å². The highest BCUT2D eigenvalue weighted by molar-refractivity contribution is 5.79. The number of halogens is 1. The fourth-order valence-corrected chi connectivity index (χ4v) is 2.20. The van der Waals surface area contributed by atoms with Gasteiger partial charge in [0, 0.05) is 0 Å². The van der Waals surface area contributed by atoms with Gasteiger partial charge in [-0.15, -0.1) is 0 Å². The van der Waals surface area contributed by atoms with Crippen LogP contribution in [0.5, 0.6) is 0 Å². The van der Waals surface area contributed by atoms with Crippen LogP contribution in [0.2, 0.25) is 0 Å². The van der Waals surface area contributed by atoms with E-state index in [-0.39, 0.29) is 5.56 Å². The Labute approximate surface area is 114 Å². The Bertz CT molecular complexity index is 871. The monoisotopic (exact) mass is 269 g/mol. The number of para-hydroxylation sites is 1. The molecule has 0 aliphatic heterocycles. The number of rotatable bonds is 1. The first-order valence-electron chi connectivity index (χ1n) is 6.20. The van der Waals surface area contributed by atoms with Gasteiger partial charge >= 0.3 is 0 Å². The van der Waals surface area contributed by atoms with E-state index in [0.717, 1.165) is 5.56 Å². The molecule has 4 nitrogen and oxygen atoms in total. The molecule has 0 radical (unpaired) electrons. The van der Waals surface area contributed by atoms with Crippen LogP contribution in [0.15, 0.2) is 41.2 Å². The quantitative estimate of drug-likeness (QED) is 0.638. The molecular weight excluding hydrogens is 257 g/mol. The number of pyridine rings is 1. The summed E-state index contributed by atoms with van der Waals surface area (Å²) in [7, 11) is 0. The van der Waals surface area contributed by atoms with Gasteiger partial charge in [0.15, 0.2) is 0 Å². The molecule has 100 valence electrons. The summed E-state index contributed by atoms with van der Waals surface area (Å²) in [6.07, 6.45) is 0. The molecule has 0 saturated carbocycles. The van der Waals surface area contributed by atoms with Gasteiger partial charge in [0.1, 0.15) is 5.52 Å². The molecule has 0 atom stereocenters. The number of hydrogen-bond donors (Lipinski definition) is 0. The van der Waals surface area contributed by atoms with Crippen molar-refractivity contribution in [3.05, 3.63) is 64.0 Å². The van der Waals surface area contributed by atoms with Crippen molar-refractivity contribution in [2.75, 3.05) is 0 Å². The largest absolute Gasteiger partial charge is 0.280 e. The Hall–Kier alpha value is -2.56. The van der Waals surface area contributed by atoms with E-state index in [2.05, 4.69) is 10.1 Å². The van der Waals surface area contributed by atoms with Crippen molar-refractivity contribution in [1.82, 2.24) is 14.8 Å². The van der Waals surface area contributed by atoms with Crippen molar-refractivity contribution in [2.24, 2.45) is 0 Å². The zero-order valence-corrected chi connectivity index (χ0v) is 11.1. The first-order valence-corrected chi connectivity index (χ1v) is 6.20. The third kappa shape index (κ3) is 1.87. The van der Waals surface area contributed by atoms with Crippen molar-refractivity contribution in [3.63, 3.8) is 0 Å². The van der Waals surface area contributed by atoms with E-state index < -0.39 is 5.95 Å². The molecule has 0 aliphatic carbocycles. The van der Waals surface area contributed by atoms with Gasteiger partial charge in [0.2, 0.25) is 5.95 Å². The molecule has 0 saturated heterocycles. The van der Waals surface area contributed by atoms with Gasteiger partial charge in [-0.05, 0) is 37.6 Å². The van der Waals surface area contributed by atoms with Gasteiger partial charge in [-0.25, -0.2) is 4.98 Å². The molecular formula is C15H12FN3O. The molecule has 20 heavy (non-hydrogen) atoms. The van der Waals surface area contributed by atoms with Gasteiger partial charge in [-0.1, -0.05) is 18.2 Å². The minimum atomic E-state index is -0.615. The van der Waals surface area contributed by atoms with Crippen molar-refractivity contribution < 1.29 is 4.39 Å². The zero-order chi connectivity index (χ0) is 14.3. The van der Waals surface area contributed by atoms with Crippen LogP contribution in [0.4, 0.5) is 4.39 Å². The maximum absolute atomic E-state index is 13.2. The number of aryl methyl sites for hydroxylation is 2. The second kappa shape index (κ2) is 4.52. The van der Waals surface area contributed by atoms with Gasteiger partial charge in [-0.2, -0.15) is 14.2 Å². The Kier molecular flexibility index (Phi) is 2.82. The van der Waals surface area contributed by atoms with Crippen LogP contribution in [-0.2, 0) is 0 Å². The van der Waals surface area contributed by atoms with E-state index in [9.17, 15) is 9.18 Å². The maximum Gasteiger partial charge on any atom is 0.280 e. The van der Waals surface area contributed by atoms with Crippen molar-refractivity contribution in [3.8, 4) is 5.69 Å². The summed E-state index contributed by atoms with van der Waals surface area (Å²) in [5.41, 5.74) is 2.18. The third-order valence-corrected chi connectivity index (χ3v) is 3.22. The van der Waals surface area contributed by atoms with E-state index in [1.54, 1.807) is 6.92 Å². The summed E-state index contributed by atoms with van der Waals surface area (Å²) in [6, 6.07) is 10.1. The predicted octanol–water partition coefficient (Wildman–Crippen LogP) is 2.54. The van der Waals surface area contributed by atoms with Crippen LogP contribution in [0.1, 0.15) is 11.3 Å². The number of aromatic nitrogens is 3. The number of fused-ring (bicyclic) bond motifs is 1. The number of nitrogens with zero attached hydrogens (tertiary/aromatic N) is 3. The van der Waals surface area contributed by atoms with Crippen molar-refractivity contribution in [2.45, 2.75) is 13.8 Å². The predicted molar refractivity (Wildman–Crippen MR) is 74.6 cm³/mol. The molecule has 0 spiro atoms. The number of hydrogen-bond acceptors (Lipinski definition) is 3. The summed E-state index contributed by atoms with van der Waals surface area (Å²) < 4.78 is 14.5. The highest BCUT2D eigenvalue weighted by Gasteiger charge is 2.12. The van der Waals surface area contributed by atoms with E-state index in [1.165, 1.54) is 16.8 Å². The Balaban J connectivity index is 2.40. The minimum absolute atomic E-state index is 0.299. The van der Waals surface area contributed by atoms with Gasteiger partial charge in [0.25, 0.3) is 5.56 Å². The van der Waals surface area contributed by atoms with Gasteiger partial charge in [0.05, 0.1) is 16.8 Å². The number of benzene rings is 1. The Morgan fingerprint density at radius 2 is 1.85 bits per heavy atom. The first-order chi connectivity index (χ1) is 9.58. The Morgan fingerprint density at radius 1 is 1.10 bits per heavy atom. The summed E-state index contributed by atoms with van der Waals surface area (Å²) in [5, 5.41) is 4.61. The smallest absolute Gasteiger partial charge is 0.267 e. The summed E-state index contributed by atoms with van der Waals surface area (Å²) >= 11 is 0. The van der Waals surface area contributed by atoms with Gasteiger partial charge in [-0.3, -0.25) is 4.79 Å². The lowest BCUT2D eigenvalue weighted by atomic mass is 10.2. The van der Waals surface area contributed by atoms with E-state index in [1.807, 2.05) is 31.2 Å². The summed E-state index contributed by atoms with van der Waals surface area (Å²) in [4.78, 5) is 16.2. The molecule has 2 aromatic heterocycles. The standard InChI is InChI=1S/C15H12FN3O/c1-9-5-3-4-6-12(9)19-15(20)11-7-8-13(16)17-14(11)10(2)18-19/h3-8H,1-2H3. The van der Waals surface area contributed by atoms with Crippen molar-refractivity contribution in [1.29, 1.82) is 0 Å². The molecule has 0 amide bonds. The minimum Gasteiger partial charge on any atom is -0.267 e. The van der Waals surface area contributed by atoms with Crippen LogP contribution >= 0.6 is 0 Å². The van der Waals surface area contributed by atoms with Crippen LogP contribution < -0.4 is 5.56 Å². The summed E-state index contributed by atoms with van der Waals surface area (Å²) in [6.45, 7) is 3.62. The van der Waals surface area contributed by atoms with Crippen molar-refractivity contribution >= 4 is 10.9 Å². The molecule has 1 aromatic carbocycles. The lowest BCUT2D eigenvalue weighted by Crippen LogP contribution is -2.23. The second-order valence-corrected chi connectivity index (χ2v) is 4.62. The molecule has 5 heteroatoms. The third-order valence-electron chi connectivity index (χ3n) is 3.22.